The van der Waals surface area contributed by atoms with E-state index in [0.29, 0.717) is 39.3 Å². The monoisotopic (exact) mass is 374 g/mol. The summed E-state index contributed by atoms with van der Waals surface area (Å²) in [5, 5.41) is 3.05. The summed E-state index contributed by atoms with van der Waals surface area (Å²) >= 11 is 0. The van der Waals surface area contributed by atoms with Gasteiger partial charge in [-0.05, 0) is 32.5 Å². The van der Waals surface area contributed by atoms with Crippen LogP contribution in [0.5, 0.6) is 0 Å². The Kier molecular flexibility index (Phi) is 6.68. The Bertz CT molecular complexity index is 623. The molecule has 0 bridgehead atoms. The number of hydrogen-bond donors (Lipinski definition) is 1. The van der Waals surface area contributed by atoms with Crippen molar-refractivity contribution >= 4 is 11.9 Å². The van der Waals surface area contributed by atoms with Crippen LogP contribution in [0.3, 0.4) is 0 Å². The maximum absolute atomic E-state index is 12.6. The number of rotatable bonds is 5. The van der Waals surface area contributed by atoms with Gasteiger partial charge in [0.1, 0.15) is 6.10 Å². The van der Waals surface area contributed by atoms with E-state index in [-0.39, 0.29) is 24.1 Å². The predicted octanol–water partition coefficient (Wildman–Crippen LogP) is 1.32. The number of benzene rings is 1. The number of hydrogen-bond acceptors (Lipinski definition) is 4. The lowest BCUT2D eigenvalue weighted by atomic mass is 10.1. The number of ether oxygens (including phenoxy) is 1. The zero-order chi connectivity index (χ0) is 19.2. The molecular formula is C20H30N4O3. The zero-order valence-corrected chi connectivity index (χ0v) is 16.3. The van der Waals surface area contributed by atoms with Crippen LogP contribution in [0.15, 0.2) is 30.3 Å². The summed E-state index contributed by atoms with van der Waals surface area (Å²) in [6.45, 7) is 3.48. The van der Waals surface area contributed by atoms with Crippen molar-refractivity contribution in [1.82, 2.24) is 20.0 Å². The number of nitrogens with zero attached hydrogens (tertiary/aromatic N) is 3. The summed E-state index contributed by atoms with van der Waals surface area (Å²) in [6.07, 6.45) is 1.48. The average molecular weight is 374 g/mol. The summed E-state index contributed by atoms with van der Waals surface area (Å²) in [5.41, 5.74) is 1.18. The van der Waals surface area contributed by atoms with E-state index >= 15 is 0 Å². The van der Waals surface area contributed by atoms with Crippen molar-refractivity contribution in [2.45, 2.75) is 25.0 Å². The molecule has 148 valence electrons. The van der Waals surface area contributed by atoms with E-state index in [1.165, 1.54) is 5.56 Å². The molecular weight excluding hydrogens is 344 g/mol. The number of carbonyl (C=O) groups excluding carboxylic acids is 2. The third kappa shape index (κ3) is 4.99. The van der Waals surface area contributed by atoms with Crippen molar-refractivity contribution in [3.63, 3.8) is 0 Å². The molecule has 0 aliphatic carbocycles. The Morgan fingerprint density at radius 1 is 1.15 bits per heavy atom. The number of likely N-dealkylation sites (N-methyl/N-ethyl adjacent to an activating group) is 1. The van der Waals surface area contributed by atoms with Gasteiger partial charge in [0.25, 0.3) is 5.91 Å². The van der Waals surface area contributed by atoms with Gasteiger partial charge >= 0.3 is 6.03 Å². The van der Waals surface area contributed by atoms with Crippen molar-refractivity contribution in [2.24, 2.45) is 0 Å². The second kappa shape index (κ2) is 9.19. The number of carbonyl (C=O) groups is 2. The average Bonchev–Trinajstić information content (AvgIpc) is 3.23. The van der Waals surface area contributed by atoms with Crippen LogP contribution in [0, 0.1) is 0 Å². The van der Waals surface area contributed by atoms with Gasteiger partial charge in [-0.3, -0.25) is 4.79 Å². The molecule has 3 rings (SSSR count). The molecule has 7 heteroatoms. The van der Waals surface area contributed by atoms with Crippen molar-refractivity contribution in [1.29, 1.82) is 0 Å². The summed E-state index contributed by atoms with van der Waals surface area (Å²) in [7, 11) is 4.03. The topological polar surface area (TPSA) is 65.1 Å². The molecule has 1 N–H and O–H groups in total. The lowest BCUT2D eigenvalue weighted by Crippen LogP contribution is -2.55. The lowest BCUT2D eigenvalue weighted by molar-refractivity contribution is -0.142. The van der Waals surface area contributed by atoms with Gasteiger partial charge in [-0.15, -0.1) is 0 Å². The quantitative estimate of drug-likeness (QED) is 0.844. The number of urea groups is 1. The second-order valence-electron chi connectivity index (χ2n) is 7.39. The van der Waals surface area contributed by atoms with Gasteiger partial charge in [-0.25, -0.2) is 4.79 Å². The third-order valence-electron chi connectivity index (χ3n) is 5.34. The molecule has 2 heterocycles. The van der Waals surface area contributed by atoms with Gasteiger partial charge in [0.05, 0.1) is 6.04 Å². The molecule has 1 aromatic rings. The highest BCUT2D eigenvalue weighted by Crippen LogP contribution is 2.18. The molecule has 2 saturated heterocycles. The summed E-state index contributed by atoms with van der Waals surface area (Å²) in [5.74, 6) is 0.0734. The van der Waals surface area contributed by atoms with Gasteiger partial charge in [-0.1, -0.05) is 30.3 Å². The van der Waals surface area contributed by atoms with Crippen molar-refractivity contribution in [3.05, 3.63) is 35.9 Å². The van der Waals surface area contributed by atoms with E-state index < -0.39 is 0 Å². The van der Waals surface area contributed by atoms with E-state index in [1.807, 2.05) is 37.2 Å². The Hall–Kier alpha value is -2.12. The van der Waals surface area contributed by atoms with E-state index in [2.05, 4.69) is 22.3 Å². The van der Waals surface area contributed by atoms with Crippen LogP contribution >= 0.6 is 0 Å². The summed E-state index contributed by atoms with van der Waals surface area (Å²) in [6, 6.07) is 10.2. The minimum atomic E-state index is -0.280. The van der Waals surface area contributed by atoms with Crippen LogP contribution in [-0.4, -0.2) is 86.2 Å². The molecule has 3 amide bonds. The lowest BCUT2D eigenvalue weighted by Gasteiger charge is -2.36. The smallest absolute Gasteiger partial charge is 0.317 e. The fraction of sp³-hybridized carbons (Fsp3) is 0.600. The van der Waals surface area contributed by atoms with E-state index in [9.17, 15) is 9.59 Å². The van der Waals surface area contributed by atoms with Gasteiger partial charge in [-0.2, -0.15) is 0 Å². The fourth-order valence-corrected chi connectivity index (χ4v) is 3.68. The fourth-order valence-electron chi connectivity index (χ4n) is 3.68. The first kappa shape index (κ1) is 19.6. The minimum Gasteiger partial charge on any atom is -0.368 e. The Labute approximate surface area is 161 Å². The molecule has 0 spiro atoms. The van der Waals surface area contributed by atoms with E-state index in [4.69, 9.17) is 4.74 Å². The first-order valence-corrected chi connectivity index (χ1v) is 9.71. The predicted molar refractivity (Wildman–Crippen MR) is 103 cm³/mol. The highest BCUT2D eigenvalue weighted by Gasteiger charge is 2.31. The Morgan fingerprint density at radius 2 is 1.81 bits per heavy atom. The summed E-state index contributed by atoms with van der Waals surface area (Å²) < 4.78 is 5.48. The van der Waals surface area contributed by atoms with Gasteiger partial charge < -0.3 is 24.8 Å². The largest absolute Gasteiger partial charge is 0.368 e. The van der Waals surface area contributed by atoms with Gasteiger partial charge in [0.15, 0.2) is 0 Å². The molecule has 2 aliphatic heterocycles. The highest BCUT2D eigenvalue weighted by molar-refractivity contribution is 5.81. The number of piperazine rings is 1. The van der Waals surface area contributed by atoms with Crippen LogP contribution < -0.4 is 5.32 Å². The molecule has 2 aliphatic rings. The highest BCUT2D eigenvalue weighted by atomic mass is 16.5. The maximum Gasteiger partial charge on any atom is 0.317 e. The standard InChI is InChI=1S/C20H30N4O3/c1-22(2)17(16-7-4-3-5-8-16)15-21-20(26)24-12-10-23(11-13-24)19(25)18-9-6-14-27-18/h3-5,7-8,17-18H,6,9-15H2,1-2H3,(H,21,26). The van der Waals surface area contributed by atoms with E-state index in [1.54, 1.807) is 4.90 Å². The summed E-state index contributed by atoms with van der Waals surface area (Å²) in [4.78, 5) is 30.7. The van der Waals surface area contributed by atoms with Crippen molar-refractivity contribution < 1.29 is 14.3 Å². The minimum absolute atomic E-state index is 0.0676. The number of amides is 3. The molecule has 2 unspecified atom stereocenters. The molecule has 2 fully saturated rings. The molecule has 2 atom stereocenters. The van der Waals surface area contributed by atoms with Crippen LogP contribution in [0.4, 0.5) is 4.79 Å². The molecule has 0 aromatic heterocycles. The zero-order valence-electron chi connectivity index (χ0n) is 16.3. The Balaban J connectivity index is 1.47. The normalized spacial score (nSPS) is 21.4. The van der Waals surface area contributed by atoms with Gasteiger partial charge in [0.2, 0.25) is 0 Å². The Morgan fingerprint density at radius 3 is 2.41 bits per heavy atom. The van der Waals surface area contributed by atoms with Crippen molar-refractivity contribution in [2.75, 3.05) is 53.4 Å². The molecule has 1 aromatic carbocycles. The van der Waals surface area contributed by atoms with Crippen molar-refractivity contribution in [3.8, 4) is 0 Å². The van der Waals surface area contributed by atoms with Crippen LogP contribution in [0.1, 0.15) is 24.4 Å². The first-order valence-electron chi connectivity index (χ1n) is 9.71. The molecule has 0 saturated carbocycles. The third-order valence-corrected chi connectivity index (χ3v) is 5.34. The van der Waals surface area contributed by atoms with Crippen LogP contribution in [0.25, 0.3) is 0 Å². The first-order chi connectivity index (χ1) is 13.1. The van der Waals surface area contributed by atoms with E-state index in [0.717, 1.165) is 12.8 Å². The van der Waals surface area contributed by atoms with Gasteiger partial charge in [0, 0.05) is 39.3 Å². The number of nitrogens with one attached hydrogen (secondary N) is 1. The molecule has 7 nitrogen and oxygen atoms in total. The van der Waals surface area contributed by atoms with Crippen LogP contribution in [0.2, 0.25) is 0 Å². The molecule has 0 radical (unpaired) electrons. The second-order valence-corrected chi connectivity index (χ2v) is 7.39. The maximum atomic E-state index is 12.6. The SMILES string of the molecule is CN(C)C(CNC(=O)N1CCN(C(=O)C2CCCO2)CC1)c1ccccc1. The molecule has 27 heavy (non-hydrogen) atoms. The van der Waals surface area contributed by atoms with Crippen LogP contribution in [-0.2, 0) is 9.53 Å².